The average molecular weight is 378 g/mol. The van der Waals surface area contributed by atoms with Crippen LogP contribution in [0.4, 0.5) is 13.2 Å². The molecule has 1 heterocycles. The number of halogens is 3. The van der Waals surface area contributed by atoms with Crippen molar-refractivity contribution in [1.29, 1.82) is 0 Å². The molecule has 1 fully saturated rings. The zero-order valence-electron chi connectivity index (χ0n) is 15.2. The first kappa shape index (κ1) is 21.2. The van der Waals surface area contributed by atoms with Crippen LogP contribution < -0.4 is 5.73 Å². The summed E-state index contributed by atoms with van der Waals surface area (Å²) in [5.74, 6) is -1.72. The van der Waals surface area contributed by atoms with Crippen LogP contribution in [0.25, 0.3) is 0 Å². The minimum absolute atomic E-state index is 0.00179. The van der Waals surface area contributed by atoms with E-state index in [1.54, 1.807) is 6.92 Å². The standard InChI is InChI=1S/C18H29F3N2O3/c1-13(26-12-17(11-24)7-3-2-4-8-17)15(22)16(25)23-9-5-14(6-10-23)18(19,20)21/h2-3,13-15,24H,4-12,22H2,1H3. The van der Waals surface area contributed by atoms with Crippen molar-refractivity contribution in [2.75, 3.05) is 26.3 Å². The van der Waals surface area contributed by atoms with Gasteiger partial charge in [-0.25, -0.2) is 0 Å². The normalized spacial score (nSPS) is 27.4. The Balaban J connectivity index is 1.83. The Hall–Kier alpha value is -1.12. The zero-order chi connectivity index (χ0) is 19.4. The highest BCUT2D eigenvalue weighted by molar-refractivity contribution is 5.82. The first-order valence-corrected chi connectivity index (χ1v) is 9.17. The fourth-order valence-electron chi connectivity index (χ4n) is 3.51. The molecule has 0 saturated carbocycles. The van der Waals surface area contributed by atoms with Crippen molar-refractivity contribution >= 4 is 5.91 Å². The summed E-state index contributed by atoms with van der Waals surface area (Å²) in [5, 5.41) is 9.68. The van der Waals surface area contributed by atoms with Gasteiger partial charge >= 0.3 is 6.18 Å². The maximum absolute atomic E-state index is 12.7. The van der Waals surface area contributed by atoms with Gasteiger partial charge in [-0.15, -0.1) is 0 Å². The van der Waals surface area contributed by atoms with E-state index in [0.717, 1.165) is 12.8 Å². The minimum Gasteiger partial charge on any atom is -0.396 e. The fraction of sp³-hybridized carbons (Fsp3) is 0.833. The summed E-state index contributed by atoms with van der Waals surface area (Å²) >= 11 is 0. The Morgan fingerprint density at radius 1 is 1.38 bits per heavy atom. The molecule has 3 atom stereocenters. The molecule has 0 spiro atoms. The number of hydrogen-bond donors (Lipinski definition) is 2. The predicted molar refractivity (Wildman–Crippen MR) is 91.3 cm³/mol. The third-order valence-electron chi connectivity index (χ3n) is 5.61. The monoisotopic (exact) mass is 378 g/mol. The van der Waals surface area contributed by atoms with Crippen LogP contribution in [0.15, 0.2) is 12.2 Å². The third-order valence-corrected chi connectivity index (χ3v) is 5.61. The highest BCUT2D eigenvalue weighted by atomic mass is 19.4. The average Bonchev–Trinajstić information content (AvgIpc) is 2.65. The van der Waals surface area contributed by atoms with Gasteiger partial charge in [0.25, 0.3) is 0 Å². The van der Waals surface area contributed by atoms with Gasteiger partial charge < -0.3 is 20.5 Å². The van der Waals surface area contributed by atoms with Gasteiger partial charge in [-0.05, 0) is 39.0 Å². The maximum Gasteiger partial charge on any atom is 0.391 e. The molecule has 150 valence electrons. The second-order valence-corrected chi connectivity index (χ2v) is 7.56. The van der Waals surface area contributed by atoms with Gasteiger partial charge in [-0.2, -0.15) is 13.2 Å². The highest BCUT2D eigenvalue weighted by Gasteiger charge is 2.42. The van der Waals surface area contributed by atoms with Gasteiger partial charge in [0, 0.05) is 18.5 Å². The number of ether oxygens (including phenoxy) is 1. The third kappa shape index (κ3) is 5.20. The van der Waals surface area contributed by atoms with E-state index in [1.807, 2.05) is 6.08 Å². The fourth-order valence-corrected chi connectivity index (χ4v) is 3.51. The lowest BCUT2D eigenvalue weighted by atomic mass is 9.78. The van der Waals surface area contributed by atoms with Crippen LogP contribution in [-0.2, 0) is 9.53 Å². The van der Waals surface area contributed by atoms with Crippen LogP contribution in [0, 0.1) is 11.3 Å². The van der Waals surface area contributed by atoms with Gasteiger partial charge in [0.15, 0.2) is 0 Å². The number of amides is 1. The molecule has 0 aromatic heterocycles. The van der Waals surface area contributed by atoms with Crippen molar-refractivity contribution in [3.8, 4) is 0 Å². The molecular formula is C18H29F3N2O3. The number of rotatable bonds is 6. The predicted octanol–water partition coefficient (Wildman–Crippen LogP) is 2.24. The molecule has 0 aromatic carbocycles. The molecule has 5 nitrogen and oxygen atoms in total. The van der Waals surface area contributed by atoms with Crippen molar-refractivity contribution in [3.05, 3.63) is 12.2 Å². The highest BCUT2D eigenvalue weighted by Crippen LogP contribution is 2.35. The first-order chi connectivity index (χ1) is 12.2. The van der Waals surface area contributed by atoms with Crippen LogP contribution in [0.5, 0.6) is 0 Å². The maximum atomic E-state index is 12.7. The molecule has 0 bridgehead atoms. The van der Waals surface area contributed by atoms with E-state index in [9.17, 15) is 23.1 Å². The molecule has 3 N–H and O–H groups in total. The number of aliphatic hydroxyl groups is 1. The quantitative estimate of drug-likeness (QED) is 0.695. The molecule has 1 aliphatic heterocycles. The molecule has 3 unspecified atom stereocenters. The van der Waals surface area contributed by atoms with Crippen LogP contribution in [-0.4, -0.2) is 60.5 Å². The molecular weight excluding hydrogens is 349 g/mol. The molecule has 0 radical (unpaired) electrons. The SMILES string of the molecule is CC(OCC1(CO)CC=CCC1)C(N)C(=O)N1CCC(C(F)(F)F)CC1. The first-order valence-electron chi connectivity index (χ1n) is 9.17. The Labute approximate surface area is 152 Å². The molecule has 8 heteroatoms. The zero-order valence-corrected chi connectivity index (χ0v) is 15.2. The van der Waals surface area contributed by atoms with E-state index in [2.05, 4.69) is 6.08 Å². The topological polar surface area (TPSA) is 75.8 Å². The van der Waals surface area contributed by atoms with Crippen molar-refractivity contribution in [3.63, 3.8) is 0 Å². The Morgan fingerprint density at radius 3 is 2.54 bits per heavy atom. The molecule has 1 amide bonds. The number of allylic oxidation sites excluding steroid dienone is 2. The summed E-state index contributed by atoms with van der Waals surface area (Å²) in [5.41, 5.74) is 5.65. The van der Waals surface area contributed by atoms with Crippen LogP contribution in [0.3, 0.4) is 0 Å². The van der Waals surface area contributed by atoms with E-state index in [1.165, 1.54) is 4.90 Å². The van der Waals surface area contributed by atoms with Crippen molar-refractivity contribution < 1.29 is 27.8 Å². The summed E-state index contributed by atoms with van der Waals surface area (Å²) in [7, 11) is 0. The van der Waals surface area contributed by atoms with E-state index >= 15 is 0 Å². The number of aliphatic hydroxyl groups excluding tert-OH is 1. The number of piperidine rings is 1. The number of carbonyl (C=O) groups is 1. The number of likely N-dealkylation sites (tertiary alicyclic amines) is 1. The number of carbonyl (C=O) groups excluding carboxylic acids is 1. The van der Waals surface area contributed by atoms with Gasteiger partial charge in [0.05, 0.1) is 25.2 Å². The van der Waals surface area contributed by atoms with E-state index < -0.39 is 24.2 Å². The lowest BCUT2D eigenvalue weighted by Crippen LogP contribution is -2.53. The van der Waals surface area contributed by atoms with Gasteiger partial charge in [0.1, 0.15) is 6.04 Å². The Bertz CT molecular complexity index is 504. The summed E-state index contributed by atoms with van der Waals surface area (Å²) in [6.45, 7) is 2.11. The number of alkyl halides is 3. The van der Waals surface area contributed by atoms with E-state index in [0.29, 0.717) is 13.0 Å². The number of nitrogens with two attached hydrogens (primary N) is 1. The summed E-state index contributed by atoms with van der Waals surface area (Å²) in [6.07, 6.45) is 1.52. The van der Waals surface area contributed by atoms with E-state index in [-0.39, 0.29) is 43.9 Å². The Morgan fingerprint density at radius 2 is 2.04 bits per heavy atom. The largest absolute Gasteiger partial charge is 0.396 e. The molecule has 0 aromatic rings. The lowest BCUT2D eigenvalue weighted by Gasteiger charge is -2.37. The van der Waals surface area contributed by atoms with Crippen LogP contribution in [0.2, 0.25) is 0 Å². The molecule has 2 aliphatic rings. The van der Waals surface area contributed by atoms with E-state index in [4.69, 9.17) is 10.5 Å². The second-order valence-electron chi connectivity index (χ2n) is 7.56. The van der Waals surface area contributed by atoms with Gasteiger partial charge in [0.2, 0.25) is 5.91 Å². The second kappa shape index (κ2) is 8.71. The summed E-state index contributed by atoms with van der Waals surface area (Å²) in [6, 6.07) is -0.924. The number of hydrogen-bond acceptors (Lipinski definition) is 4. The molecule has 26 heavy (non-hydrogen) atoms. The lowest BCUT2D eigenvalue weighted by molar-refractivity contribution is -0.187. The minimum atomic E-state index is -4.21. The molecule has 2 rings (SSSR count). The summed E-state index contributed by atoms with van der Waals surface area (Å²) < 4.78 is 44.0. The van der Waals surface area contributed by atoms with Gasteiger partial charge in [-0.3, -0.25) is 4.79 Å². The van der Waals surface area contributed by atoms with Crippen molar-refractivity contribution in [1.82, 2.24) is 4.90 Å². The van der Waals surface area contributed by atoms with Crippen LogP contribution in [0.1, 0.15) is 39.0 Å². The molecule has 1 saturated heterocycles. The Kier molecular flexibility index (Phi) is 7.10. The molecule has 1 aliphatic carbocycles. The number of nitrogens with zero attached hydrogens (tertiary/aromatic N) is 1. The van der Waals surface area contributed by atoms with Gasteiger partial charge in [-0.1, -0.05) is 12.2 Å². The van der Waals surface area contributed by atoms with Crippen molar-refractivity contribution in [2.24, 2.45) is 17.1 Å². The summed E-state index contributed by atoms with van der Waals surface area (Å²) in [4.78, 5) is 13.9. The van der Waals surface area contributed by atoms with Crippen LogP contribution >= 0.6 is 0 Å². The smallest absolute Gasteiger partial charge is 0.391 e. The van der Waals surface area contributed by atoms with Crippen molar-refractivity contribution in [2.45, 2.75) is 57.3 Å².